The van der Waals surface area contributed by atoms with Crippen LogP contribution in [-0.4, -0.2) is 29.9 Å². The van der Waals surface area contributed by atoms with Crippen LogP contribution in [0.5, 0.6) is 0 Å². The number of hydrogen-bond acceptors (Lipinski definition) is 6. The van der Waals surface area contributed by atoms with E-state index in [4.69, 9.17) is 22.1 Å². The van der Waals surface area contributed by atoms with Crippen LogP contribution in [0.1, 0.15) is 31.2 Å². The Morgan fingerprint density at radius 3 is 2.77 bits per heavy atom. The van der Waals surface area contributed by atoms with Gasteiger partial charge in [0.05, 0.1) is 12.8 Å². The van der Waals surface area contributed by atoms with Gasteiger partial charge in [0.2, 0.25) is 0 Å². The molecule has 1 aliphatic rings. The lowest BCUT2D eigenvalue weighted by molar-refractivity contribution is -0.143. The van der Waals surface area contributed by atoms with Crippen molar-refractivity contribution in [2.75, 3.05) is 18.2 Å². The Labute approximate surface area is 134 Å². The van der Waals surface area contributed by atoms with Gasteiger partial charge in [-0.2, -0.15) is 0 Å². The molecule has 0 saturated heterocycles. The topological polar surface area (TPSA) is 94.3 Å². The number of nitrogens with zero attached hydrogens (tertiary/aromatic N) is 1. The molecule has 0 amide bonds. The van der Waals surface area contributed by atoms with Gasteiger partial charge in [-0.15, -0.1) is 0 Å². The van der Waals surface area contributed by atoms with E-state index in [2.05, 4.69) is 10.3 Å². The van der Waals surface area contributed by atoms with Gasteiger partial charge in [0.25, 0.3) is 0 Å². The summed E-state index contributed by atoms with van der Waals surface area (Å²) in [5, 5.41) is 3.16. The zero-order valence-electron chi connectivity index (χ0n) is 12.7. The van der Waals surface area contributed by atoms with Gasteiger partial charge in [-0.1, -0.05) is 18.0 Å². The van der Waals surface area contributed by atoms with Gasteiger partial charge in [0.1, 0.15) is 17.0 Å². The van der Waals surface area contributed by atoms with Crippen LogP contribution in [0.25, 0.3) is 0 Å². The fraction of sp³-hybridized carbons (Fsp3) is 0.533. The zero-order chi connectivity index (χ0) is 16.3. The maximum atomic E-state index is 12.1. The van der Waals surface area contributed by atoms with E-state index in [1.807, 2.05) is 0 Å². The Kier molecular flexibility index (Phi) is 5.24. The number of pyridine rings is 1. The summed E-state index contributed by atoms with van der Waals surface area (Å²) < 4.78 is 4.76. The zero-order valence-corrected chi connectivity index (χ0v) is 13.4. The number of esters is 1. The standard InChI is InChI=1S/C15H20ClN3O3/c1-8-6-12(16)19-14(13(8)17)18-10(15(21)22-2)7-11(20)9-4-3-5-9/h6,9-10H,3-5,7,17H2,1-2H3,(H,18,19). The van der Waals surface area contributed by atoms with Gasteiger partial charge in [-0.05, 0) is 31.4 Å². The Balaban J connectivity index is 2.16. The molecule has 1 fully saturated rings. The number of Topliss-reactive ketones (excluding diaryl/α,β-unsaturated/α-hetero) is 1. The van der Waals surface area contributed by atoms with E-state index >= 15 is 0 Å². The number of ether oxygens (including phenoxy) is 1. The molecule has 0 spiro atoms. The van der Waals surface area contributed by atoms with Crippen LogP contribution in [0.4, 0.5) is 11.5 Å². The summed E-state index contributed by atoms with van der Waals surface area (Å²) in [6, 6.07) is 0.820. The number of rotatable bonds is 6. The third-order valence-corrected chi connectivity index (χ3v) is 4.19. The van der Waals surface area contributed by atoms with Gasteiger partial charge in [-0.25, -0.2) is 9.78 Å². The Morgan fingerprint density at radius 2 is 2.23 bits per heavy atom. The number of aryl methyl sites for hydroxylation is 1. The minimum Gasteiger partial charge on any atom is -0.467 e. The van der Waals surface area contributed by atoms with Gasteiger partial charge in [-0.3, -0.25) is 4.79 Å². The second-order valence-electron chi connectivity index (χ2n) is 5.54. The summed E-state index contributed by atoms with van der Waals surface area (Å²) in [7, 11) is 1.28. The van der Waals surface area contributed by atoms with Crippen LogP contribution in [0.15, 0.2) is 6.07 Å². The van der Waals surface area contributed by atoms with Crippen LogP contribution >= 0.6 is 11.6 Å². The van der Waals surface area contributed by atoms with E-state index in [1.54, 1.807) is 13.0 Å². The molecule has 1 aromatic heterocycles. The van der Waals surface area contributed by atoms with Crippen LogP contribution in [0.3, 0.4) is 0 Å². The van der Waals surface area contributed by atoms with Crippen LogP contribution in [0.2, 0.25) is 5.15 Å². The molecule has 1 unspecified atom stereocenters. The first-order valence-corrected chi connectivity index (χ1v) is 7.60. The molecule has 0 aliphatic heterocycles. The minimum absolute atomic E-state index is 0.0559. The molecule has 120 valence electrons. The predicted octanol–water partition coefficient (Wildman–Crippen LogP) is 2.34. The third kappa shape index (κ3) is 3.68. The number of halogens is 1. The quantitative estimate of drug-likeness (QED) is 0.616. The van der Waals surface area contributed by atoms with E-state index in [-0.39, 0.29) is 23.3 Å². The smallest absolute Gasteiger partial charge is 0.328 e. The van der Waals surface area contributed by atoms with Crippen molar-refractivity contribution in [1.82, 2.24) is 4.98 Å². The molecule has 1 aliphatic carbocycles. The van der Waals surface area contributed by atoms with Crippen molar-refractivity contribution in [2.45, 2.75) is 38.6 Å². The molecule has 2 rings (SSSR count). The van der Waals surface area contributed by atoms with E-state index in [9.17, 15) is 9.59 Å². The monoisotopic (exact) mass is 325 g/mol. The summed E-state index contributed by atoms with van der Waals surface area (Å²) >= 11 is 5.92. The summed E-state index contributed by atoms with van der Waals surface area (Å²) in [4.78, 5) is 28.1. The second kappa shape index (κ2) is 6.96. The number of methoxy groups -OCH3 is 1. The molecule has 22 heavy (non-hydrogen) atoms. The number of aromatic nitrogens is 1. The third-order valence-electron chi connectivity index (χ3n) is 4.00. The number of carbonyl (C=O) groups excluding carboxylic acids is 2. The summed E-state index contributed by atoms with van der Waals surface area (Å²) in [5.74, 6) is -0.111. The number of hydrogen-bond donors (Lipinski definition) is 2. The fourth-order valence-corrected chi connectivity index (χ4v) is 2.60. The fourth-order valence-electron chi connectivity index (χ4n) is 2.35. The summed E-state index contributed by atoms with van der Waals surface area (Å²) in [6.07, 6.45) is 2.91. The van der Waals surface area contributed by atoms with Crippen molar-refractivity contribution in [3.8, 4) is 0 Å². The van der Waals surface area contributed by atoms with E-state index < -0.39 is 12.0 Å². The summed E-state index contributed by atoms with van der Waals surface area (Å²) in [5.41, 5.74) is 7.09. The van der Waals surface area contributed by atoms with Gasteiger partial charge in [0, 0.05) is 12.3 Å². The van der Waals surface area contributed by atoms with Gasteiger partial charge in [0.15, 0.2) is 5.82 Å². The number of nitrogens with two attached hydrogens (primary N) is 1. The van der Waals surface area contributed by atoms with Crippen molar-refractivity contribution < 1.29 is 14.3 Å². The second-order valence-corrected chi connectivity index (χ2v) is 5.93. The first-order valence-electron chi connectivity index (χ1n) is 7.22. The number of nitrogens with one attached hydrogen (secondary N) is 1. The number of ketones is 1. The number of anilines is 2. The molecule has 0 aromatic carbocycles. The molecule has 1 aromatic rings. The molecular formula is C15H20ClN3O3. The lowest BCUT2D eigenvalue weighted by Gasteiger charge is -2.26. The lowest BCUT2D eigenvalue weighted by atomic mass is 9.80. The van der Waals surface area contributed by atoms with Crippen molar-refractivity contribution in [3.63, 3.8) is 0 Å². The van der Waals surface area contributed by atoms with Crippen molar-refractivity contribution in [1.29, 1.82) is 0 Å². The average Bonchev–Trinajstić information content (AvgIpc) is 2.40. The van der Waals surface area contributed by atoms with E-state index in [0.29, 0.717) is 11.5 Å². The van der Waals surface area contributed by atoms with Gasteiger partial charge < -0.3 is 15.8 Å². The van der Waals surface area contributed by atoms with Gasteiger partial charge >= 0.3 is 5.97 Å². The molecule has 3 N–H and O–H groups in total. The highest BCUT2D eigenvalue weighted by Crippen LogP contribution is 2.30. The number of carbonyl (C=O) groups is 2. The lowest BCUT2D eigenvalue weighted by Crippen LogP contribution is -2.36. The van der Waals surface area contributed by atoms with Crippen LogP contribution in [-0.2, 0) is 14.3 Å². The van der Waals surface area contributed by atoms with Crippen molar-refractivity contribution in [3.05, 3.63) is 16.8 Å². The average molecular weight is 326 g/mol. The Morgan fingerprint density at radius 1 is 1.55 bits per heavy atom. The normalized spacial score (nSPS) is 15.8. The molecule has 0 bridgehead atoms. The van der Waals surface area contributed by atoms with Crippen LogP contribution < -0.4 is 11.1 Å². The molecule has 1 saturated carbocycles. The highest BCUT2D eigenvalue weighted by atomic mass is 35.5. The van der Waals surface area contributed by atoms with Crippen molar-refractivity contribution in [2.24, 2.45) is 5.92 Å². The number of nitrogen functional groups attached to an aromatic ring is 1. The maximum absolute atomic E-state index is 12.1. The first-order chi connectivity index (χ1) is 10.4. The van der Waals surface area contributed by atoms with Crippen LogP contribution in [0, 0.1) is 12.8 Å². The largest absolute Gasteiger partial charge is 0.467 e. The first kappa shape index (κ1) is 16.5. The Hall–Kier alpha value is -1.82. The molecule has 6 nitrogen and oxygen atoms in total. The molecule has 1 heterocycles. The maximum Gasteiger partial charge on any atom is 0.328 e. The van der Waals surface area contributed by atoms with Crippen molar-refractivity contribution >= 4 is 34.9 Å². The molecule has 0 radical (unpaired) electrons. The molecule has 1 atom stereocenters. The molecule has 7 heteroatoms. The molecular weight excluding hydrogens is 306 g/mol. The minimum atomic E-state index is -0.814. The van der Waals surface area contributed by atoms with E-state index in [1.165, 1.54) is 7.11 Å². The highest BCUT2D eigenvalue weighted by molar-refractivity contribution is 6.29. The highest BCUT2D eigenvalue weighted by Gasteiger charge is 2.31. The summed E-state index contributed by atoms with van der Waals surface area (Å²) in [6.45, 7) is 1.79. The predicted molar refractivity (Wildman–Crippen MR) is 84.8 cm³/mol. The SMILES string of the molecule is COC(=O)C(CC(=O)C1CCC1)Nc1nc(Cl)cc(C)c1N. The van der Waals surface area contributed by atoms with E-state index in [0.717, 1.165) is 24.8 Å². The Bertz CT molecular complexity index is 588.